The summed E-state index contributed by atoms with van der Waals surface area (Å²) in [6.07, 6.45) is 4.41. The first-order valence-corrected chi connectivity index (χ1v) is 6.34. The maximum atomic E-state index is 10.5. The van der Waals surface area contributed by atoms with E-state index in [0.717, 1.165) is 36.1 Å². The Morgan fingerprint density at radius 1 is 1.30 bits per heavy atom. The number of carbonyl (C=O) groups is 1. The molecule has 0 spiro atoms. The van der Waals surface area contributed by atoms with E-state index in [-0.39, 0.29) is 0 Å². The van der Waals surface area contributed by atoms with Crippen LogP contribution in [0.3, 0.4) is 0 Å². The monoisotopic (exact) mass is 271 g/mol. The molecule has 4 nitrogen and oxygen atoms in total. The number of aliphatic carboxylic acids is 1. The lowest BCUT2D eigenvalue weighted by molar-refractivity contribution is -0.131. The molecule has 104 valence electrons. The molecule has 0 unspecified atom stereocenters. The fourth-order valence-electron chi connectivity index (χ4n) is 2.00. The summed E-state index contributed by atoms with van der Waals surface area (Å²) in [6, 6.07) is 11.6. The Kier molecular flexibility index (Phi) is 4.74. The van der Waals surface area contributed by atoms with Crippen LogP contribution >= 0.6 is 0 Å². The van der Waals surface area contributed by atoms with Crippen LogP contribution in [-0.2, 0) is 17.9 Å². The highest BCUT2D eigenvalue weighted by Crippen LogP contribution is 2.11. The van der Waals surface area contributed by atoms with Crippen LogP contribution in [0.5, 0.6) is 0 Å². The van der Waals surface area contributed by atoms with Crippen molar-refractivity contribution in [1.82, 2.24) is 4.90 Å². The van der Waals surface area contributed by atoms with Crippen LogP contribution in [0.1, 0.15) is 16.9 Å². The van der Waals surface area contributed by atoms with E-state index in [1.807, 2.05) is 43.4 Å². The third kappa shape index (κ3) is 4.40. The van der Waals surface area contributed by atoms with E-state index in [0.29, 0.717) is 0 Å². The average Bonchev–Trinajstić information content (AvgIpc) is 2.89. The van der Waals surface area contributed by atoms with Crippen LogP contribution in [-0.4, -0.2) is 23.0 Å². The molecule has 0 radical (unpaired) electrons. The second-order valence-corrected chi connectivity index (χ2v) is 4.67. The van der Waals surface area contributed by atoms with Gasteiger partial charge in [0.1, 0.15) is 5.76 Å². The lowest BCUT2D eigenvalue weighted by Crippen LogP contribution is -2.16. The molecule has 0 bridgehead atoms. The largest absolute Gasteiger partial charge is 0.478 e. The van der Waals surface area contributed by atoms with E-state index in [1.54, 1.807) is 12.3 Å². The van der Waals surface area contributed by atoms with Crippen LogP contribution < -0.4 is 0 Å². The predicted molar refractivity (Wildman–Crippen MR) is 77.0 cm³/mol. The highest BCUT2D eigenvalue weighted by molar-refractivity contribution is 5.85. The lowest BCUT2D eigenvalue weighted by atomic mass is 10.1. The summed E-state index contributed by atoms with van der Waals surface area (Å²) in [6.45, 7) is 1.51. The first-order valence-electron chi connectivity index (χ1n) is 6.34. The van der Waals surface area contributed by atoms with Gasteiger partial charge in [0.05, 0.1) is 12.8 Å². The molecule has 0 saturated carbocycles. The predicted octanol–water partition coefficient (Wildman–Crippen LogP) is 3.01. The molecule has 1 aromatic heterocycles. The molecular formula is C16H17NO3. The Balaban J connectivity index is 1.98. The van der Waals surface area contributed by atoms with E-state index < -0.39 is 5.97 Å². The first kappa shape index (κ1) is 14.1. The van der Waals surface area contributed by atoms with Gasteiger partial charge in [-0.2, -0.15) is 0 Å². The van der Waals surface area contributed by atoms with Gasteiger partial charge in [0.25, 0.3) is 0 Å². The summed E-state index contributed by atoms with van der Waals surface area (Å²) in [5, 5.41) is 8.63. The lowest BCUT2D eigenvalue weighted by Gasteiger charge is -2.15. The van der Waals surface area contributed by atoms with Gasteiger partial charge in [-0.25, -0.2) is 4.79 Å². The minimum atomic E-state index is -0.939. The Hall–Kier alpha value is -2.33. The summed E-state index contributed by atoms with van der Waals surface area (Å²) in [7, 11) is 2.02. The Bertz CT molecular complexity index is 588. The molecule has 2 rings (SSSR count). The number of hydrogen-bond acceptors (Lipinski definition) is 3. The van der Waals surface area contributed by atoms with E-state index in [1.165, 1.54) is 0 Å². The quantitative estimate of drug-likeness (QED) is 0.821. The van der Waals surface area contributed by atoms with E-state index in [2.05, 4.69) is 4.90 Å². The molecule has 1 aromatic carbocycles. The van der Waals surface area contributed by atoms with E-state index >= 15 is 0 Å². The Morgan fingerprint density at radius 2 is 2.15 bits per heavy atom. The van der Waals surface area contributed by atoms with Crippen molar-refractivity contribution in [1.29, 1.82) is 0 Å². The zero-order valence-electron chi connectivity index (χ0n) is 11.3. The second-order valence-electron chi connectivity index (χ2n) is 4.67. The van der Waals surface area contributed by atoms with Gasteiger partial charge in [-0.3, -0.25) is 4.90 Å². The molecule has 0 atom stereocenters. The van der Waals surface area contributed by atoms with Gasteiger partial charge in [0.15, 0.2) is 0 Å². The number of carboxylic acids is 1. The zero-order chi connectivity index (χ0) is 14.4. The molecule has 2 aromatic rings. The van der Waals surface area contributed by atoms with Gasteiger partial charge >= 0.3 is 5.97 Å². The van der Waals surface area contributed by atoms with E-state index in [4.69, 9.17) is 9.52 Å². The number of hydrogen-bond donors (Lipinski definition) is 1. The molecule has 20 heavy (non-hydrogen) atoms. The van der Waals surface area contributed by atoms with Crippen molar-refractivity contribution in [2.24, 2.45) is 0 Å². The maximum Gasteiger partial charge on any atom is 0.328 e. The number of rotatable bonds is 6. The molecule has 0 aliphatic rings. The molecular weight excluding hydrogens is 254 g/mol. The maximum absolute atomic E-state index is 10.5. The van der Waals surface area contributed by atoms with Gasteiger partial charge in [-0.15, -0.1) is 0 Å². The second kappa shape index (κ2) is 6.73. The standard InChI is InChI=1S/C16H17NO3/c1-17(12-15-6-3-9-20-15)11-14-5-2-4-13(10-14)7-8-16(18)19/h2-10H,11-12H2,1H3,(H,18,19). The average molecular weight is 271 g/mol. The van der Waals surface area contributed by atoms with Gasteiger partial charge in [-0.05, 0) is 36.4 Å². The van der Waals surface area contributed by atoms with Gasteiger partial charge in [0, 0.05) is 12.6 Å². The van der Waals surface area contributed by atoms with Gasteiger partial charge < -0.3 is 9.52 Å². The molecule has 0 amide bonds. The third-order valence-corrected chi connectivity index (χ3v) is 2.83. The van der Waals surface area contributed by atoms with Crippen molar-refractivity contribution in [3.63, 3.8) is 0 Å². The Labute approximate surface area is 117 Å². The molecule has 4 heteroatoms. The SMILES string of the molecule is CN(Cc1cccc(C=CC(=O)O)c1)Cc1ccco1. The molecule has 1 heterocycles. The van der Waals surface area contributed by atoms with Crippen molar-refractivity contribution in [3.8, 4) is 0 Å². The zero-order valence-corrected chi connectivity index (χ0v) is 11.3. The summed E-state index contributed by atoms with van der Waals surface area (Å²) in [4.78, 5) is 12.6. The first-order chi connectivity index (χ1) is 9.63. The molecule has 0 saturated heterocycles. The fourth-order valence-corrected chi connectivity index (χ4v) is 2.00. The highest BCUT2D eigenvalue weighted by Gasteiger charge is 2.04. The summed E-state index contributed by atoms with van der Waals surface area (Å²) < 4.78 is 5.31. The van der Waals surface area contributed by atoms with Crippen molar-refractivity contribution in [2.45, 2.75) is 13.1 Å². The summed E-state index contributed by atoms with van der Waals surface area (Å²) in [5.41, 5.74) is 2.02. The highest BCUT2D eigenvalue weighted by atomic mass is 16.4. The topological polar surface area (TPSA) is 53.7 Å². The van der Waals surface area contributed by atoms with Gasteiger partial charge in [-0.1, -0.05) is 24.3 Å². The van der Waals surface area contributed by atoms with Crippen molar-refractivity contribution >= 4 is 12.0 Å². The minimum absolute atomic E-state index is 0.738. The van der Waals surface area contributed by atoms with Gasteiger partial charge in [0.2, 0.25) is 0 Å². The minimum Gasteiger partial charge on any atom is -0.478 e. The number of furan rings is 1. The molecule has 0 aliphatic carbocycles. The molecule has 0 fully saturated rings. The van der Waals surface area contributed by atoms with Crippen molar-refractivity contribution in [3.05, 3.63) is 65.6 Å². The number of benzene rings is 1. The van der Waals surface area contributed by atoms with Crippen LogP contribution in [0.4, 0.5) is 0 Å². The van der Waals surface area contributed by atoms with Crippen molar-refractivity contribution in [2.75, 3.05) is 7.05 Å². The van der Waals surface area contributed by atoms with Crippen molar-refractivity contribution < 1.29 is 14.3 Å². The smallest absolute Gasteiger partial charge is 0.328 e. The van der Waals surface area contributed by atoms with Crippen LogP contribution in [0.15, 0.2) is 53.2 Å². The normalized spacial score (nSPS) is 11.3. The molecule has 1 N–H and O–H groups in total. The Morgan fingerprint density at radius 3 is 2.85 bits per heavy atom. The van der Waals surface area contributed by atoms with Crippen LogP contribution in [0, 0.1) is 0 Å². The van der Waals surface area contributed by atoms with Crippen LogP contribution in [0.2, 0.25) is 0 Å². The fraction of sp³-hybridized carbons (Fsp3) is 0.188. The summed E-state index contributed by atoms with van der Waals surface area (Å²) >= 11 is 0. The van der Waals surface area contributed by atoms with Crippen LogP contribution in [0.25, 0.3) is 6.08 Å². The molecule has 0 aliphatic heterocycles. The van der Waals surface area contributed by atoms with E-state index in [9.17, 15) is 4.79 Å². The third-order valence-electron chi connectivity index (χ3n) is 2.83. The number of nitrogens with zero attached hydrogens (tertiary/aromatic N) is 1. The summed E-state index contributed by atoms with van der Waals surface area (Å²) in [5.74, 6) is -0.0141. The number of carboxylic acid groups (broad SMARTS) is 1.